The van der Waals surface area contributed by atoms with E-state index in [9.17, 15) is 4.79 Å². The molecule has 2 heterocycles. The Balaban J connectivity index is 1.64. The van der Waals surface area contributed by atoms with Crippen LogP contribution in [0.15, 0.2) is 30.3 Å². The lowest BCUT2D eigenvalue weighted by Crippen LogP contribution is -2.45. The van der Waals surface area contributed by atoms with Crippen LogP contribution in [0.2, 0.25) is 5.02 Å². The van der Waals surface area contributed by atoms with Gasteiger partial charge in [0.1, 0.15) is 6.17 Å². The number of methoxy groups -OCH3 is 1. The molecule has 1 atom stereocenters. The monoisotopic (exact) mass is 389 g/mol. The molecule has 7 nitrogen and oxygen atoms in total. The highest BCUT2D eigenvalue weighted by molar-refractivity contribution is 6.33. The first-order valence-electron chi connectivity index (χ1n) is 8.60. The van der Waals surface area contributed by atoms with Crippen molar-refractivity contribution in [3.8, 4) is 17.2 Å². The lowest BCUT2D eigenvalue weighted by molar-refractivity contribution is 0.169. The van der Waals surface area contributed by atoms with Gasteiger partial charge in [-0.05, 0) is 37.2 Å². The summed E-state index contributed by atoms with van der Waals surface area (Å²) >= 11 is 6.13. The summed E-state index contributed by atoms with van der Waals surface area (Å²) in [6, 6.07) is 8.71. The molecule has 0 aliphatic carbocycles. The van der Waals surface area contributed by atoms with Crippen LogP contribution in [-0.2, 0) is 6.42 Å². The predicted molar refractivity (Wildman–Crippen MR) is 102 cm³/mol. The molecule has 2 N–H and O–H groups in total. The molecular weight excluding hydrogens is 370 g/mol. The third-order valence-corrected chi connectivity index (χ3v) is 5.12. The number of amides is 2. The highest BCUT2D eigenvalue weighted by atomic mass is 35.5. The molecule has 2 aliphatic rings. The molecule has 8 heteroatoms. The van der Waals surface area contributed by atoms with Gasteiger partial charge in [-0.3, -0.25) is 4.90 Å². The molecule has 2 aromatic carbocycles. The number of benzene rings is 2. The topological polar surface area (TPSA) is 72.1 Å². The number of anilines is 1. The minimum atomic E-state index is -0.374. The van der Waals surface area contributed by atoms with Gasteiger partial charge in [0.05, 0.1) is 17.8 Å². The summed E-state index contributed by atoms with van der Waals surface area (Å²) in [4.78, 5) is 14.7. The van der Waals surface area contributed by atoms with Crippen LogP contribution in [0.1, 0.15) is 17.3 Å². The van der Waals surface area contributed by atoms with Gasteiger partial charge in [0.2, 0.25) is 12.5 Å². The van der Waals surface area contributed by atoms with Crippen LogP contribution >= 0.6 is 11.6 Å². The molecular formula is C19H20ClN3O4. The molecule has 0 spiro atoms. The summed E-state index contributed by atoms with van der Waals surface area (Å²) in [6.07, 6.45) is 0.448. The van der Waals surface area contributed by atoms with Crippen molar-refractivity contribution >= 4 is 23.3 Å². The van der Waals surface area contributed by atoms with Crippen molar-refractivity contribution in [2.24, 2.45) is 0 Å². The van der Waals surface area contributed by atoms with Crippen LogP contribution in [0.3, 0.4) is 0 Å². The number of nitrogens with one attached hydrogen (secondary N) is 2. The van der Waals surface area contributed by atoms with Gasteiger partial charge >= 0.3 is 6.03 Å². The number of carbonyl (C=O) groups is 1. The molecule has 2 amide bonds. The standard InChI is InChI=1S/C19H20ClN3O4/c1-23-8-7-11-9-14-16(27-10-26-14)17(25-2)15(11)18(23)22-19(24)21-13-6-4-3-5-12(13)20/h3-6,9,18H,7-8,10H2,1-2H3,(H2,21,22,24). The van der Waals surface area contributed by atoms with Crippen LogP contribution in [-0.4, -0.2) is 38.4 Å². The van der Waals surface area contributed by atoms with E-state index in [0.29, 0.717) is 28.0 Å². The molecule has 142 valence electrons. The molecule has 2 aliphatic heterocycles. The van der Waals surface area contributed by atoms with Crippen molar-refractivity contribution < 1.29 is 19.0 Å². The van der Waals surface area contributed by atoms with Crippen molar-refractivity contribution in [1.82, 2.24) is 10.2 Å². The molecule has 0 radical (unpaired) electrons. The smallest absolute Gasteiger partial charge is 0.320 e. The van der Waals surface area contributed by atoms with E-state index < -0.39 is 0 Å². The Labute approximate surface area is 162 Å². The molecule has 4 rings (SSSR count). The van der Waals surface area contributed by atoms with Gasteiger partial charge in [0.25, 0.3) is 0 Å². The van der Waals surface area contributed by atoms with Crippen molar-refractivity contribution in [3.63, 3.8) is 0 Å². The van der Waals surface area contributed by atoms with E-state index in [1.165, 1.54) is 0 Å². The van der Waals surface area contributed by atoms with Gasteiger partial charge < -0.3 is 24.8 Å². The minimum absolute atomic E-state index is 0.162. The maximum Gasteiger partial charge on any atom is 0.320 e. The van der Waals surface area contributed by atoms with Gasteiger partial charge in [0, 0.05) is 12.1 Å². The van der Waals surface area contributed by atoms with E-state index in [2.05, 4.69) is 15.5 Å². The summed E-state index contributed by atoms with van der Waals surface area (Å²) < 4.78 is 16.7. The molecule has 2 aromatic rings. The first-order chi connectivity index (χ1) is 13.1. The van der Waals surface area contributed by atoms with Gasteiger partial charge in [-0.15, -0.1) is 0 Å². The number of urea groups is 1. The number of hydrogen-bond acceptors (Lipinski definition) is 5. The van der Waals surface area contributed by atoms with Crippen LogP contribution in [0.25, 0.3) is 0 Å². The SMILES string of the molecule is COc1c2c(cc3c1C(NC(=O)Nc1ccccc1Cl)N(C)CC3)OCO2. The summed E-state index contributed by atoms with van der Waals surface area (Å²) in [5.74, 6) is 1.84. The predicted octanol–water partition coefficient (Wildman–Crippen LogP) is 3.39. The maximum absolute atomic E-state index is 12.6. The number of fused-ring (bicyclic) bond motifs is 2. The van der Waals surface area contributed by atoms with E-state index in [0.717, 1.165) is 24.1 Å². The number of halogens is 1. The van der Waals surface area contributed by atoms with Gasteiger partial charge in [-0.1, -0.05) is 23.7 Å². The second-order valence-electron chi connectivity index (χ2n) is 6.43. The number of hydrogen-bond donors (Lipinski definition) is 2. The molecule has 27 heavy (non-hydrogen) atoms. The summed E-state index contributed by atoms with van der Waals surface area (Å²) in [7, 11) is 3.54. The Morgan fingerprint density at radius 1 is 1.33 bits per heavy atom. The molecule has 0 saturated carbocycles. The molecule has 0 fully saturated rings. The summed E-state index contributed by atoms with van der Waals surface area (Å²) in [6.45, 7) is 0.947. The highest BCUT2D eigenvalue weighted by Crippen LogP contribution is 2.48. The van der Waals surface area contributed by atoms with Crippen LogP contribution in [0.4, 0.5) is 10.5 Å². The Morgan fingerprint density at radius 2 is 2.15 bits per heavy atom. The molecule has 0 bridgehead atoms. The quantitative estimate of drug-likeness (QED) is 0.842. The lowest BCUT2D eigenvalue weighted by atomic mass is 9.95. The Hall–Kier alpha value is -2.64. The highest BCUT2D eigenvalue weighted by Gasteiger charge is 2.34. The third-order valence-electron chi connectivity index (χ3n) is 4.79. The van der Waals surface area contributed by atoms with E-state index in [4.69, 9.17) is 25.8 Å². The van der Waals surface area contributed by atoms with Crippen molar-refractivity contribution in [2.45, 2.75) is 12.6 Å². The fourth-order valence-corrected chi connectivity index (χ4v) is 3.64. The van der Waals surface area contributed by atoms with Gasteiger partial charge in [-0.2, -0.15) is 0 Å². The van der Waals surface area contributed by atoms with E-state index in [-0.39, 0.29) is 19.0 Å². The number of carbonyl (C=O) groups excluding carboxylic acids is 1. The molecule has 0 aromatic heterocycles. The fourth-order valence-electron chi connectivity index (χ4n) is 3.46. The zero-order valence-electron chi connectivity index (χ0n) is 15.0. The summed E-state index contributed by atoms with van der Waals surface area (Å²) in [5, 5.41) is 6.28. The van der Waals surface area contributed by atoms with E-state index >= 15 is 0 Å². The molecule has 0 saturated heterocycles. The summed E-state index contributed by atoms with van der Waals surface area (Å²) in [5.41, 5.74) is 2.50. The minimum Gasteiger partial charge on any atom is -0.492 e. The molecule has 1 unspecified atom stereocenters. The lowest BCUT2D eigenvalue weighted by Gasteiger charge is -2.36. The fraction of sp³-hybridized carbons (Fsp3) is 0.316. The number of rotatable bonds is 3. The second kappa shape index (κ2) is 7.17. The normalized spacial score (nSPS) is 18.0. The largest absolute Gasteiger partial charge is 0.492 e. The van der Waals surface area contributed by atoms with Crippen LogP contribution in [0.5, 0.6) is 17.2 Å². The second-order valence-corrected chi connectivity index (χ2v) is 6.84. The number of likely N-dealkylation sites (N-methyl/N-ethyl adjacent to an activating group) is 1. The zero-order chi connectivity index (χ0) is 19.0. The Morgan fingerprint density at radius 3 is 2.93 bits per heavy atom. The number of ether oxygens (including phenoxy) is 3. The van der Waals surface area contributed by atoms with Crippen LogP contribution < -0.4 is 24.8 Å². The van der Waals surface area contributed by atoms with E-state index in [1.54, 1.807) is 19.2 Å². The van der Waals surface area contributed by atoms with Gasteiger partial charge in [-0.25, -0.2) is 4.79 Å². The number of nitrogens with zero attached hydrogens (tertiary/aromatic N) is 1. The average Bonchev–Trinajstić information content (AvgIpc) is 3.12. The van der Waals surface area contributed by atoms with Crippen molar-refractivity contribution in [1.29, 1.82) is 0 Å². The number of para-hydroxylation sites is 1. The Bertz CT molecular complexity index is 889. The average molecular weight is 390 g/mol. The van der Waals surface area contributed by atoms with Crippen LogP contribution in [0, 0.1) is 0 Å². The first kappa shape index (κ1) is 17.8. The first-order valence-corrected chi connectivity index (χ1v) is 8.98. The maximum atomic E-state index is 12.6. The van der Waals surface area contributed by atoms with E-state index in [1.807, 2.05) is 25.2 Å². The zero-order valence-corrected chi connectivity index (χ0v) is 15.8. The van der Waals surface area contributed by atoms with Crippen molar-refractivity contribution in [3.05, 3.63) is 46.5 Å². The third kappa shape index (κ3) is 3.24. The Kier molecular flexibility index (Phi) is 4.72. The van der Waals surface area contributed by atoms with Crippen molar-refractivity contribution in [2.75, 3.05) is 32.8 Å². The van der Waals surface area contributed by atoms with Gasteiger partial charge in [0.15, 0.2) is 11.5 Å².